The highest BCUT2D eigenvalue weighted by Gasteiger charge is 2.32. The summed E-state index contributed by atoms with van der Waals surface area (Å²) < 4.78 is 27.3. The molecule has 0 radical (unpaired) electrons. The molecule has 0 saturated heterocycles. The summed E-state index contributed by atoms with van der Waals surface area (Å²) in [6.45, 7) is 1.39. The van der Waals surface area contributed by atoms with E-state index in [0.29, 0.717) is 0 Å². The normalized spacial score (nSPS) is 12.0. The zero-order valence-electron chi connectivity index (χ0n) is 6.77. The molecule has 1 aromatic heterocycles. The van der Waals surface area contributed by atoms with Gasteiger partial charge in [0, 0.05) is 13.5 Å². The van der Waals surface area contributed by atoms with Gasteiger partial charge in [0.2, 0.25) is 4.77 Å². The Morgan fingerprint density at radius 1 is 1.67 bits per heavy atom. The zero-order chi connectivity index (χ0) is 9.35. The van der Waals surface area contributed by atoms with Gasteiger partial charge in [-0.25, -0.2) is 0 Å². The van der Waals surface area contributed by atoms with Crippen molar-refractivity contribution in [2.24, 2.45) is 7.05 Å². The maximum absolute atomic E-state index is 12.9. The molecular weight excluding hydrogens is 184 g/mol. The Morgan fingerprint density at radius 2 is 2.25 bits per heavy atom. The van der Waals surface area contributed by atoms with Crippen molar-refractivity contribution in [1.82, 2.24) is 14.8 Å². The van der Waals surface area contributed by atoms with E-state index in [4.69, 9.17) is 0 Å². The smallest absolute Gasteiger partial charge is 0.278 e. The summed E-state index contributed by atoms with van der Waals surface area (Å²) in [6, 6.07) is 0. The van der Waals surface area contributed by atoms with Crippen LogP contribution in [0.2, 0.25) is 0 Å². The van der Waals surface area contributed by atoms with E-state index in [-0.39, 0.29) is 17.0 Å². The lowest BCUT2D eigenvalue weighted by molar-refractivity contribution is -0.0176. The van der Waals surface area contributed by atoms with Crippen LogP contribution in [0.5, 0.6) is 0 Å². The van der Waals surface area contributed by atoms with Gasteiger partial charge in [-0.15, -0.1) is 0 Å². The third kappa shape index (κ3) is 1.52. The van der Waals surface area contributed by atoms with Crippen molar-refractivity contribution in [3.63, 3.8) is 0 Å². The summed E-state index contributed by atoms with van der Waals surface area (Å²) in [5.74, 6) is -3.27. The van der Waals surface area contributed by atoms with Crippen molar-refractivity contribution in [3.05, 3.63) is 10.6 Å². The van der Waals surface area contributed by atoms with E-state index in [1.807, 2.05) is 0 Å². The second kappa shape index (κ2) is 2.93. The number of hydrogen-bond acceptors (Lipinski definition) is 2. The van der Waals surface area contributed by atoms with Gasteiger partial charge in [-0.05, 0) is 12.2 Å². The zero-order valence-corrected chi connectivity index (χ0v) is 7.58. The van der Waals surface area contributed by atoms with Crippen LogP contribution in [0.3, 0.4) is 0 Å². The topological polar surface area (TPSA) is 33.6 Å². The van der Waals surface area contributed by atoms with Crippen LogP contribution in [0.25, 0.3) is 0 Å². The Hall–Kier alpha value is -0.780. The molecule has 1 aromatic rings. The number of alkyl halides is 2. The summed E-state index contributed by atoms with van der Waals surface area (Å²) in [5.41, 5.74) is 0. The molecule has 1 heterocycles. The highest BCUT2D eigenvalue weighted by Crippen LogP contribution is 2.27. The molecule has 0 aliphatic rings. The molecular formula is C6H9F2N3S. The van der Waals surface area contributed by atoms with Crippen LogP contribution in [0.1, 0.15) is 19.2 Å². The van der Waals surface area contributed by atoms with Crippen LogP contribution in [-0.2, 0) is 13.0 Å². The third-order valence-electron chi connectivity index (χ3n) is 1.56. The predicted octanol–water partition coefficient (Wildman–Crippen LogP) is 1.98. The second-order valence-electron chi connectivity index (χ2n) is 2.47. The predicted molar refractivity (Wildman–Crippen MR) is 42.6 cm³/mol. The van der Waals surface area contributed by atoms with E-state index in [2.05, 4.69) is 22.3 Å². The van der Waals surface area contributed by atoms with E-state index in [9.17, 15) is 8.78 Å². The third-order valence-corrected chi connectivity index (χ3v) is 1.92. The summed E-state index contributed by atoms with van der Waals surface area (Å²) in [5, 5.41) is 2.39. The first-order chi connectivity index (χ1) is 5.47. The van der Waals surface area contributed by atoms with Crippen LogP contribution in [0, 0.1) is 4.77 Å². The molecule has 3 nitrogen and oxygen atoms in total. The van der Waals surface area contributed by atoms with Gasteiger partial charge in [0.15, 0.2) is 5.82 Å². The van der Waals surface area contributed by atoms with Gasteiger partial charge in [0.25, 0.3) is 0 Å². The molecule has 1 N–H and O–H groups in total. The fourth-order valence-electron chi connectivity index (χ4n) is 0.733. The van der Waals surface area contributed by atoms with E-state index in [1.165, 1.54) is 11.6 Å². The number of rotatable bonds is 2. The van der Waals surface area contributed by atoms with Gasteiger partial charge in [0.05, 0.1) is 0 Å². The maximum Gasteiger partial charge on any atom is 0.305 e. The molecule has 0 bridgehead atoms. The Balaban J connectivity index is 3.12. The van der Waals surface area contributed by atoms with E-state index in [1.54, 1.807) is 7.05 Å². The monoisotopic (exact) mass is 193 g/mol. The number of aromatic amines is 1. The summed E-state index contributed by atoms with van der Waals surface area (Å²) >= 11 is 4.68. The molecule has 68 valence electrons. The van der Waals surface area contributed by atoms with Crippen LogP contribution < -0.4 is 0 Å². The fourth-order valence-corrected chi connectivity index (χ4v) is 0.870. The molecule has 6 heteroatoms. The largest absolute Gasteiger partial charge is 0.305 e. The van der Waals surface area contributed by atoms with Gasteiger partial charge in [-0.1, -0.05) is 6.92 Å². The van der Waals surface area contributed by atoms with E-state index in [0.717, 1.165) is 0 Å². The molecule has 12 heavy (non-hydrogen) atoms. The molecule has 0 aromatic carbocycles. The number of nitrogens with one attached hydrogen (secondary N) is 1. The van der Waals surface area contributed by atoms with Crippen LogP contribution in [0.15, 0.2) is 0 Å². The van der Waals surface area contributed by atoms with Gasteiger partial charge in [-0.3, -0.25) is 9.78 Å². The molecule has 0 atom stereocenters. The molecule has 0 saturated carbocycles. The van der Waals surface area contributed by atoms with Crippen molar-refractivity contribution >= 4 is 12.2 Å². The summed E-state index contributed by atoms with van der Waals surface area (Å²) in [4.78, 5) is 3.52. The van der Waals surface area contributed by atoms with Crippen molar-refractivity contribution in [1.29, 1.82) is 0 Å². The molecule has 0 unspecified atom stereocenters. The average molecular weight is 193 g/mol. The first-order valence-electron chi connectivity index (χ1n) is 3.48. The van der Waals surface area contributed by atoms with Crippen molar-refractivity contribution in [2.75, 3.05) is 0 Å². The minimum atomic E-state index is -2.91. The minimum absolute atomic E-state index is 0.137. The Bertz CT molecular complexity index is 328. The quantitative estimate of drug-likeness (QED) is 0.728. The highest BCUT2D eigenvalue weighted by molar-refractivity contribution is 7.71. The average Bonchev–Trinajstić information content (AvgIpc) is 2.33. The molecule has 0 aliphatic carbocycles. The van der Waals surface area contributed by atoms with Gasteiger partial charge in [0.1, 0.15) is 0 Å². The van der Waals surface area contributed by atoms with Gasteiger partial charge < -0.3 is 0 Å². The van der Waals surface area contributed by atoms with Gasteiger partial charge in [-0.2, -0.15) is 13.8 Å². The number of nitrogens with zero attached hydrogens (tertiary/aromatic N) is 2. The van der Waals surface area contributed by atoms with E-state index >= 15 is 0 Å². The number of aryl methyl sites for hydroxylation is 1. The van der Waals surface area contributed by atoms with Crippen LogP contribution in [-0.4, -0.2) is 14.8 Å². The van der Waals surface area contributed by atoms with Crippen molar-refractivity contribution < 1.29 is 8.78 Å². The molecule has 1 rings (SSSR count). The standard InChI is InChI=1S/C6H9F2N3S/c1-3-6(7,8)4-9-5(12)11(2)10-4/h3H2,1-2H3,(H,9,10,12). The van der Waals surface area contributed by atoms with Crippen molar-refractivity contribution in [3.8, 4) is 0 Å². The molecule has 0 aliphatic heterocycles. The molecule has 0 amide bonds. The molecule has 0 spiro atoms. The second-order valence-corrected chi connectivity index (χ2v) is 2.84. The first-order valence-corrected chi connectivity index (χ1v) is 3.89. The highest BCUT2D eigenvalue weighted by atomic mass is 32.1. The van der Waals surface area contributed by atoms with E-state index < -0.39 is 5.92 Å². The van der Waals surface area contributed by atoms with Crippen molar-refractivity contribution in [2.45, 2.75) is 19.3 Å². The SMILES string of the molecule is CCC(F)(F)c1nc(=S)n(C)[nH]1. The minimum Gasteiger partial charge on any atom is -0.278 e. The summed E-state index contributed by atoms with van der Waals surface area (Å²) in [7, 11) is 1.55. The first kappa shape index (κ1) is 9.31. The lowest BCUT2D eigenvalue weighted by Gasteiger charge is -2.08. The lowest BCUT2D eigenvalue weighted by Crippen LogP contribution is -2.14. The van der Waals surface area contributed by atoms with Crippen LogP contribution >= 0.6 is 12.2 Å². The molecule has 0 fully saturated rings. The maximum atomic E-state index is 12.9. The number of hydrogen-bond donors (Lipinski definition) is 1. The van der Waals surface area contributed by atoms with Gasteiger partial charge >= 0.3 is 5.92 Å². The Kier molecular flexibility index (Phi) is 2.27. The lowest BCUT2D eigenvalue weighted by atomic mass is 10.2. The Labute approximate surface area is 73.4 Å². The number of H-pyrrole nitrogens is 1. The number of halogens is 2. The number of aromatic nitrogens is 3. The summed E-state index contributed by atoms with van der Waals surface area (Å²) in [6.07, 6.45) is -0.282. The van der Waals surface area contributed by atoms with Crippen LogP contribution in [0.4, 0.5) is 8.78 Å². The fraction of sp³-hybridized carbons (Fsp3) is 0.667. The Morgan fingerprint density at radius 3 is 2.58 bits per heavy atom.